The molecule has 0 bridgehead atoms. The second kappa shape index (κ2) is 8.38. The van der Waals surface area contributed by atoms with Gasteiger partial charge in [-0.3, -0.25) is 14.5 Å². The van der Waals surface area contributed by atoms with Crippen LogP contribution >= 0.6 is 0 Å². The number of carbonyl (C=O) groups is 2. The zero-order valence-electron chi connectivity index (χ0n) is 17.2. The van der Waals surface area contributed by atoms with Gasteiger partial charge in [0.2, 0.25) is 5.91 Å². The lowest BCUT2D eigenvalue weighted by Crippen LogP contribution is -2.38. The summed E-state index contributed by atoms with van der Waals surface area (Å²) in [4.78, 5) is 37.4. The molecule has 2 aliphatic rings. The second-order valence-electron chi connectivity index (χ2n) is 7.97. The number of rotatable bonds is 7. The van der Waals surface area contributed by atoms with Crippen LogP contribution in [0.2, 0.25) is 0 Å². The smallest absolute Gasteiger partial charge is 0.260 e. The molecule has 1 aromatic carbocycles. The highest BCUT2D eigenvalue weighted by molar-refractivity contribution is 5.95. The number of carbonyl (C=O) groups excluding carboxylic acids is 2. The zero-order valence-corrected chi connectivity index (χ0v) is 17.2. The largest absolute Gasteiger partial charge is 0.484 e. The number of halogens is 1. The predicted octanol–water partition coefficient (Wildman–Crippen LogP) is 2.65. The highest BCUT2D eigenvalue weighted by Gasteiger charge is 2.33. The molecule has 0 spiro atoms. The highest BCUT2D eigenvalue weighted by atomic mass is 19.1. The van der Waals surface area contributed by atoms with Gasteiger partial charge in [-0.2, -0.15) is 0 Å². The van der Waals surface area contributed by atoms with Crippen molar-refractivity contribution < 1.29 is 18.7 Å². The number of amides is 2. The average molecular weight is 412 g/mol. The SMILES string of the molecule is Cc1nc(CN(C)C(=O)COc2ccc(F)cc2)nc2c1CCC(=O)N2CC1CC1. The lowest BCUT2D eigenvalue weighted by molar-refractivity contribution is -0.132. The fourth-order valence-electron chi connectivity index (χ4n) is 3.54. The number of ether oxygens (including phenoxy) is 1. The number of hydrogen-bond donors (Lipinski definition) is 0. The first kappa shape index (κ1) is 20.3. The van der Waals surface area contributed by atoms with Crippen LogP contribution in [0.4, 0.5) is 10.2 Å². The van der Waals surface area contributed by atoms with Crippen LogP contribution < -0.4 is 9.64 Å². The van der Waals surface area contributed by atoms with Crippen LogP contribution in [0.25, 0.3) is 0 Å². The Hall–Kier alpha value is -3.03. The van der Waals surface area contributed by atoms with Crippen LogP contribution in [0.15, 0.2) is 24.3 Å². The van der Waals surface area contributed by atoms with Gasteiger partial charge in [-0.15, -0.1) is 0 Å². The number of nitrogens with zero attached hydrogens (tertiary/aromatic N) is 4. The van der Waals surface area contributed by atoms with Gasteiger partial charge in [0.25, 0.3) is 5.91 Å². The fourth-order valence-corrected chi connectivity index (χ4v) is 3.54. The lowest BCUT2D eigenvalue weighted by atomic mass is 10.0. The Balaban J connectivity index is 1.44. The fraction of sp³-hybridized carbons (Fsp3) is 0.455. The molecule has 0 N–H and O–H groups in total. The van der Waals surface area contributed by atoms with Crippen LogP contribution in [0.1, 0.15) is 36.3 Å². The van der Waals surface area contributed by atoms with Gasteiger partial charge in [0, 0.05) is 31.3 Å². The van der Waals surface area contributed by atoms with Crippen molar-refractivity contribution in [3.8, 4) is 5.75 Å². The maximum absolute atomic E-state index is 13.0. The molecule has 1 saturated carbocycles. The minimum Gasteiger partial charge on any atom is -0.484 e. The predicted molar refractivity (Wildman–Crippen MR) is 109 cm³/mol. The van der Waals surface area contributed by atoms with Gasteiger partial charge < -0.3 is 9.64 Å². The van der Waals surface area contributed by atoms with Crippen molar-refractivity contribution in [2.45, 2.75) is 39.2 Å². The second-order valence-corrected chi connectivity index (χ2v) is 7.97. The molecule has 1 aliphatic heterocycles. The minimum absolute atomic E-state index is 0.107. The molecular weight excluding hydrogens is 387 g/mol. The van der Waals surface area contributed by atoms with Gasteiger partial charge in [-0.05, 0) is 56.4 Å². The Morgan fingerprint density at radius 3 is 2.67 bits per heavy atom. The van der Waals surface area contributed by atoms with Gasteiger partial charge in [-0.1, -0.05) is 0 Å². The first-order valence-electron chi connectivity index (χ1n) is 10.2. The van der Waals surface area contributed by atoms with Crippen LogP contribution in [0.3, 0.4) is 0 Å². The maximum atomic E-state index is 13.0. The molecule has 0 radical (unpaired) electrons. The summed E-state index contributed by atoms with van der Waals surface area (Å²) >= 11 is 0. The number of likely N-dealkylation sites (N-methyl/N-ethyl adjacent to an activating group) is 1. The monoisotopic (exact) mass is 412 g/mol. The van der Waals surface area contributed by atoms with E-state index in [0.29, 0.717) is 42.7 Å². The summed E-state index contributed by atoms with van der Waals surface area (Å²) < 4.78 is 18.4. The number of aromatic nitrogens is 2. The lowest BCUT2D eigenvalue weighted by Gasteiger charge is -2.29. The Bertz CT molecular complexity index is 960. The molecule has 8 heteroatoms. The van der Waals surface area contributed by atoms with Crippen molar-refractivity contribution in [2.75, 3.05) is 25.1 Å². The summed E-state index contributed by atoms with van der Waals surface area (Å²) in [7, 11) is 1.65. The molecule has 2 heterocycles. The average Bonchev–Trinajstić information content (AvgIpc) is 3.53. The van der Waals surface area contributed by atoms with Crippen molar-refractivity contribution in [1.82, 2.24) is 14.9 Å². The molecule has 0 unspecified atom stereocenters. The molecule has 1 fully saturated rings. The number of fused-ring (bicyclic) bond motifs is 1. The van der Waals surface area contributed by atoms with E-state index in [-0.39, 0.29) is 30.8 Å². The molecule has 30 heavy (non-hydrogen) atoms. The molecule has 1 aromatic heterocycles. The Morgan fingerprint density at radius 1 is 1.23 bits per heavy atom. The number of hydrogen-bond acceptors (Lipinski definition) is 5. The molecule has 2 aromatic rings. The van der Waals surface area contributed by atoms with Crippen molar-refractivity contribution in [3.63, 3.8) is 0 Å². The van der Waals surface area contributed by atoms with Crippen molar-refractivity contribution in [3.05, 3.63) is 47.2 Å². The third kappa shape index (κ3) is 4.58. The molecule has 4 rings (SSSR count). The van der Waals surface area contributed by atoms with E-state index in [1.54, 1.807) is 11.9 Å². The highest BCUT2D eigenvalue weighted by Crippen LogP contribution is 2.35. The molecular formula is C22H25FN4O3. The summed E-state index contributed by atoms with van der Waals surface area (Å²) in [5, 5.41) is 0. The van der Waals surface area contributed by atoms with Crippen LogP contribution in [0, 0.1) is 18.7 Å². The summed E-state index contributed by atoms with van der Waals surface area (Å²) in [5.74, 6) is 1.68. The van der Waals surface area contributed by atoms with Gasteiger partial charge in [0.05, 0.1) is 6.54 Å². The Kier molecular flexibility index (Phi) is 5.65. The quantitative estimate of drug-likeness (QED) is 0.699. The summed E-state index contributed by atoms with van der Waals surface area (Å²) in [5.41, 5.74) is 1.87. The molecule has 0 saturated heterocycles. The van der Waals surface area contributed by atoms with Crippen LogP contribution in [-0.2, 0) is 22.6 Å². The van der Waals surface area contributed by atoms with E-state index in [9.17, 15) is 14.0 Å². The third-order valence-corrected chi connectivity index (χ3v) is 5.50. The number of anilines is 1. The topological polar surface area (TPSA) is 75.6 Å². The van der Waals surface area contributed by atoms with Gasteiger partial charge in [-0.25, -0.2) is 14.4 Å². The Morgan fingerprint density at radius 2 is 1.97 bits per heavy atom. The Labute approximate surface area is 174 Å². The third-order valence-electron chi connectivity index (χ3n) is 5.50. The van der Waals surface area contributed by atoms with Gasteiger partial charge >= 0.3 is 0 Å². The van der Waals surface area contributed by atoms with E-state index in [1.807, 2.05) is 6.92 Å². The van der Waals surface area contributed by atoms with Gasteiger partial charge in [0.15, 0.2) is 6.61 Å². The summed E-state index contributed by atoms with van der Waals surface area (Å²) in [6.45, 7) is 2.68. The number of benzene rings is 1. The molecule has 1 aliphatic carbocycles. The molecule has 2 amide bonds. The zero-order chi connectivity index (χ0) is 21.3. The van der Waals surface area contributed by atoms with E-state index >= 15 is 0 Å². The number of aryl methyl sites for hydroxylation is 1. The van der Waals surface area contributed by atoms with Crippen molar-refractivity contribution in [1.29, 1.82) is 0 Å². The maximum Gasteiger partial charge on any atom is 0.260 e. The van der Waals surface area contributed by atoms with Crippen molar-refractivity contribution >= 4 is 17.6 Å². The summed E-state index contributed by atoms with van der Waals surface area (Å²) in [6, 6.07) is 5.51. The van der Waals surface area contributed by atoms with E-state index in [0.717, 1.165) is 24.1 Å². The minimum atomic E-state index is -0.361. The molecule has 7 nitrogen and oxygen atoms in total. The molecule has 158 valence electrons. The standard InChI is InChI=1S/C22H25FN4O3/c1-14-18-9-10-20(28)27(11-15-3-4-15)22(18)25-19(24-14)12-26(2)21(29)13-30-17-7-5-16(23)6-8-17/h5-8,15H,3-4,9-13H2,1-2H3. The molecule has 0 atom stereocenters. The van der Waals surface area contributed by atoms with Gasteiger partial charge in [0.1, 0.15) is 23.2 Å². The van der Waals surface area contributed by atoms with E-state index < -0.39 is 0 Å². The van der Waals surface area contributed by atoms with E-state index in [2.05, 4.69) is 9.97 Å². The van der Waals surface area contributed by atoms with Crippen molar-refractivity contribution in [2.24, 2.45) is 5.92 Å². The van der Waals surface area contributed by atoms with E-state index in [1.165, 1.54) is 29.2 Å². The first-order valence-corrected chi connectivity index (χ1v) is 10.2. The summed E-state index contributed by atoms with van der Waals surface area (Å²) in [6.07, 6.45) is 3.45. The normalized spacial score (nSPS) is 15.7. The van der Waals surface area contributed by atoms with Crippen LogP contribution in [-0.4, -0.2) is 46.9 Å². The van der Waals surface area contributed by atoms with E-state index in [4.69, 9.17) is 4.74 Å². The first-order chi connectivity index (χ1) is 14.4. The van der Waals surface area contributed by atoms with Crippen LogP contribution in [0.5, 0.6) is 5.75 Å².